The van der Waals surface area contributed by atoms with Gasteiger partial charge in [0.2, 0.25) is 0 Å². The van der Waals surface area contributed by atoms with Gasteiger partial charge in [-0.3, -0.25) is 0 Å². The van der Waals surface area contributed by atoms with Crippen LogP contribution in [0.5, 0.6) is 0 Å². The molecule has 0 bridgehead atoms. The molecule has 0 aliphatic heterocycles. The molecule has 2 aromatic carbocycles. The molecule has 1 unspecified atom stereocenters. The highest BCUT2D eigenvalue weighted by Gasteiger charge is 2.22. The molecular formula is C15H14BrF2N. The van der Waals surface area contributed by atoms with Gasteiger partial charge in [0.1, 0.15) is 11.6 Å². The van der Waals surface area contributed by atoms with Gasteiger partial charge in [-0.25, -0.2) is 8.78 Å². The molecule has 0 radical (unpaired) electrons. The van der Waals surface area contributed by atoms with E-state index >= 15 is 0 Å². The van der Waals surface area contributed by atoms with Gasteiger partial charge >= 0.3 is 0 Å². The van der Waals surface area contributed by atoms with E-state index in [0.717, 1.165) is 10.0 Å². The molecule has 4 heteroatoms. The third-order valence-corrected chi connectivity index (χ3v) is 3.64. The molecule has 0 amide bonds. The minimum absolute atomic E-state index is 0.0521. The Balaban J connectivity index is 2.55. The normalized spacial score (nSPS) is 12.4. The first-order valence-corrected chi connectivity index (χ1v) is 6.86. The van der Waals surface area contributed by atoms with Crippen molar-refractivity contribution in [2.75, 3.05) is 6.54 Å². The van der Waals surface area contributed by atoms with Crippen molar-refractivity contribution in [1.29, 1.82) is 0 Å². The topological polar surface area (TPSA) is 12.0 Å². The third-order valence-electron chi connectivity index (χ3n) is 2.91. The van der Waals surface area contributed by atoms with Gasteiger partial charge in [0, 0.05) is 10.0 Å². The zero-order valence-corrected chi connectivity index (χ0v) is 12.0. The maximum Gasteiger partial charge on any atom is 0.131 e. The highest BCUT2D eigenvalue weighted by atomic mass is 79.9. The number of hydrogen-bond donors (Lipinski definition) is 1. The summed E-state index contributed by atoms with van der Waals surface area (Å²) in [7, 11) is 0. The number of hydrogen-bond acceptors (Lipinski definition) is 1. The van der Waals surface area contributed by atoms with Crippen LogP contribution >= 0.6 is 15.9 Å². The Hall–Kier alpha value is -1.26. The maximum atomic E-state index is 13.9. The molecule has 0 saturated carbocycles. The number of benzene rings is 2. The van der Waals surface area contributed by atoms with Gasteiger partial charge in [0.25, 0.3) is 0 Å². The van der Waals surface area contributed by atoms with Crippen molar-refractivity contribution in [1.82, 2.24) is 5.32 Å². The first kappa shape index (κ1) is 14.2. The van der Waals surface area contributed by atoms with E-state index in [0.29, 0.717) is 6.54 Å². The lowest BCUT2D eigenvalue weighted by Gasteiger charge is -2.21. The van der Waals surface area contributed by atoms with Gasteiger partial charge in [-0.05, 0) is 30.3 Å². The molecule has 0 heterocycles. The standard InChI is InChI=1S/C15H14BrF2N/c1-2-19-15(10-6-3-4-7-11(10)16)14-12(17)8-5-9-13(14)18/h3-9,15,19H,2H2,1H3. The Morgan fingerprint density at radius 1 is 1.05 bits per heavy atom. The van der Waals surface area contributed by atoms with E-state index in [4.69, 9.17) is 0 Å². The zero-order valence-electron chi connectivity index (χ0n) is 10.5. The van der Waals surface area contributed by atoms with Crippen molar-refractivity contribution >= 4 is 15.9 Å². The van der Waals surface area contributed by atoms with Gasteiger partial charge in [-0.1, -0.05) is 47.1 Å². The van der Waals surface area contributed by atoms with Crippen LogP contribution < -0.4 is 5.32 Å². The third kappa shape index (κ3) is 3.01. The van der Waals surface area contributed by atoms with Crippen LogP contribution in [0, 0.1) is 11.6 Å². The van der Waals surface area contributed by atoms with Crippen molar-refractivity contribution in [2.45, 2.75) is 13.0 Å². The fourth-order valence-electron chi connectivity index (χ4n) is 2.07. The molecule has 1 nitrogen and oxygen atoms in total. The van der Waals surface area contributed by atoms with E-state index in [1.165, 1.54) is 18.2 Å². The van der Waals surface area contributed by atoms with Gasteiger partial charge in [0.05, 0.1) is 6.04 Å². The molecule has 0 saturated heterocycles. The average molecular weight is 326 g/mol. The monoisotopic (exact) mass is 325 g/mol. The van der Waals surface area contributed by atoms with Crippen molar-refractivity contribution in [2.24, 2.45) is 0 Å². The van der Waals surface area contributed by atoms with Gasteiger partial charge in [0.15, 0.2) is 0 Å². The molecule has 0 fully saturated rings. The Kier molecular flexibility index (Phi) is 4.66. The lowest BCUT2D eigenvalue weighted by molar-refractivity contribution is 0.509. The molecule has 19 heavy (non-hydrogen) atoms. The van der Waals surface area contributed by atoms with Gasteiger partial charge in [-0.15, -0.1) is 0 Å². The van der Waals surface area contributed by atoms with Crippen LogP contribution in [0.3, 0.4) is 0 Å². The number of nitrogens with one attached hydrogen (secondary N) is 1. The quantitative estimate of drug-likeness (QED) is 0.877. The fraction of sp³-hybridized carbons (Fsp3) is 0.200. The van der Waals surface area contributed by atoms with Crippen LogP contribution in [0.4, 0.5) is 8.78 Å². The summed E-state index contributed by atoms with van der Waals surface area (Å²) >= 11 is 3.43. The summed E-state index contributed by atoms with van der Waals surface area (Å²) in [6.45, 7) is 2.52. The highest BCUT2D eigenvalue weighted by molar-refractivity contribution is 9.10. The van der Waals surface area contributed by atoms with E-state index < -0.39 is 17.7 Å². The summed E-state index contributed by atoms with van der Waals surface area (Å²) in [5.41, 5.74) is 0.865. The number of rotatable bonds is 4. The summed E-state index contributed by atoms with van der Waals surface area (Å²) < 4.78 is 28.7. The molecule has 0 aliphatic rings. The highest BCUT2D eigenvalue weighted by Crippen LogP contribution is 2.31. The second-order valence-corrected chi connectivity index (χ2v) is 5.00. The van der Waals surface area contributed by atoms with Crippen molar-refractivity contribution in [3.8, 4) is 0 Å². The summed E-state index contributed by atoms with van der Waals surface area (Å²) in [5.74, 6) is -1.08. The van der Waals surface area contributed by atoms with Crippen LogP contribution in [-0.4, -0.2) is 6.54 Å². The van der Waals surface area contributed by atoms with Crippen LogP contribution in [-0.2, 0) is 0 Å². The lowest BCUT2D eigenvalue weighted by Crippen LogP contribution is -2.24. The number of halogens is 3. The van der Waals surface area contributed by atoms with Crippen molar-refractivity contribution in [3.05, 3.63) is 69.7 Å². The molecule has 2 rings (SSSR count). The Bertz CT molecular complexity index is 552. The van der Waals surface area contributed by atoms with Gasteiger partial charge in [-0.2, -0.15) is 0 Å². The van der Waals surface area contributed by atoms with Crippen LogP contribution in [0.1, 0.15) is 24.1 Å². The van der Waals surface area contributed by atoms with Crippen LogP contribution in [0.2, 0.25) is 0 Å². The predicted molar refractivity (Wildman–Crippen MR) is 76.0 cm³/mol. The first-order chi connectivity index (χ1) is 9.15. The van der Waals surface area contributed by atoms with Crippen LogP contribution in [0.15, 0.2) is 46.9 Å². The Morgan fingerprint density at radius 2 is 1.68 bits per heavy atom. The average Bonchev–Trinajstić information content (AvgIpc) is 2.38. The van der Waals surface area contributed by atoms with E-state index in [1.54, 1.807) is 0 Å². The largest absolute Gasteiger partial charge is 0.306 e. The fourth-order valence-corrected chi connectivity index (χ4v) is 2.58. The molecule has 1 atom stereocenters. The summed E-state index contributed by atoms with van der Waals surface area (Å²) in [6.07, 6.45) is 0. The lowest BCUT2D eigenvalue weighted by atomic mass is 9.97. The molecule has 0 aromatic heterocycles. The molecule has 1 N–H and O–H groups in total. The van der Waals surface area contributed by atoms with E-state index in [2.05, 4.69) is 21.2 Å². The molecule has 2 aromatic rings. The summed E-state index contributed by atoms with van der Waals surface area (Å²) in [6, 6.07) is 10.8. The van der Waals surface area contributed by atoms with E-state index in [1.807, 2.05) is 31.2 Å². The van der Waals surface area contributed by atoms with Gasteiger partial charge < -0.3 is 5.32 Å². The Labute approximate surface area is 119 Å². The molecule has 0 spiro atoms. The minimum atomic E-state index is -0.540. The molecule has 100 valence electrons. The SMILES string of the molecule is CCNC(c1ccccc1Br)c1c(F)cccc1F. The maximum absolute atomic E-state index is 13.9. The summed E-state index contributed by atoms with van der Waals surface area (Å²) in [5, 5.41) is 3.13. The second-order valence-electron chi connectivity index (χ2n) is 4.15. The van der Waals surface area contributed by atoms with Crippen LogP contribution in [0.25, 0.3) is 0 Å². The zero-order chi connectivity index (χ0) is 13.8. The predicted octanol–water partition coefficient (Wildman–Crippen LogP) is 4.43. The summed E-state index contributed by atoms with van der Waals surface area (Å²) in [4.78, 5) is 0. The smallest absolute Gasteiger partial charge is 0.131 e. The first-order valence-electron chi connectivity index (χ1n) is 6.06. The van der Waals surface area contributed by atoms with E-state index in [-0.39, 0.29) is 5.56 Å². The van der Waals surface area contributed by atoms with Crippen molar-refractivity contribution < 1.29 is 8.78 Å². The molecule has 0 aliphatic carbocycles. The Morgan fingerprint density at radius 3 is 2.26 bits per heavy atom. The molecular weight excluding hydrogens is 312 g/mol. The second kappa shape index (κ2) is 6.26. The van der Waals surface area contributed by atoms with E-state index in [9.17, 15) is 8.78 Å². The minimum Gasteiger partial charge on any atom is -0.306 e. The van der Waals surface area contributed by atoms with Crippen molar-refractivity contribution in [3.63, 3.8) is 0 Å².